The van der Waals surface area contributed by atoms with Crippen LogP contribution in [0.1, 0.15) is 19.0 Å². The first kappa shape index (κ1) is 13.0. The molecular weight excluding hydrogens is 292 g/mol. The van der Waals surface area contributed by atoms with Gasteiger partial charge in [-0.25, -0.2) is 9.97 Å². The Morgan fingerprint density at radius 1 is 1.28 bits per heavy atom. The summed E-state index contributed by atoms with van der Waals surface area (Å²) in [6.07, 6.45) is 2.80. The Labute approximate surface area is 115 Å². The fraction of sp³-hybridized carbons (Fsp3) is 0.308. The summed E-state index contributed by atoms with van der Waals surface area (Å²) in [5, 5.41) is 3.29. The highest BCUT2D eigenvalue weighted by Gasteiger charge is 2.10. The first-order valence-electron chi connectivity index (χ1n) is 5.91. The Hall–Kier alpha value is -1.49. The van der Waals surface area contributed by atoms with E-state index in [1.807, 2.05) is 25.1 Å². The zero-order valence-corrected chi connectivity index (χ0v) is 12.0. The van der Waals surface area contributed by atoms with Gasteiger partial charge in [-0.05, 0) is 41.4 Å². The molecule has 18 heavy (non-hydrogen) atoms. The molecule has 2 aromatic rings. The lowest BCUT2D eigenvalue weighted by Crippen LogP contribution is -2.06. The van der Waals surface area contributed by atoms with Crippen molar-refractivity contribution >= 4 is 21.7 Å². The predicted molar refractivity (Wildman–Crippen MR) is 76.5 cm³/mol. The quantitative estimate of drug-likeness (QED) is 0.940. The average molecular weight is 307 g/mol. The standard InChI is InChI=1S/C13H15BrN4/c1-3-7-16-13-11(14)9(2)17-12(18-13)10-6-4-5-8-15-10/h4-6,8H,3,7H2,1-2H3,(H,16,17,18). The van der Waals surface area contributed by atoms with Crippen LogP contribution in [-0.2, 0) is 0 Å². The lowest BCUT2D eigenvalue weighted by molar-refractivity contribution is 0.957. The summed E-state index contributed by atoms with van der Waals surface area (Å²) < 4.78 is 0.913. The van der Waals surface area contributed by atoms with Gasteiger partial charge >= 0.3 is 0 Å². The van der Waals surface area contributed by atoms with E-state index in [0.717, 1.165) is 34.6 Å². The minimum atomic E-state index is 0.648. The summed E-state index contributed by atoms with van der Waals surface area (Å²) in [6, 6.07) is 5.72. The fourth-order valence-electron chi connectivity index (χ4n) is 1.53. The van der Waals surface area contributed by atoms with Crippen LogP contribution in [0.15, 0.2) is 28.9 Å². The maximum atomic E-state index is 4.51. The average Bonchev–Trinajstić information content (AvgIpc) is 2.41. The van der Waals surface area contributed by atoms with Gasteiger partial charge in [-0.1, -0.05) is 13.0 Å². The van der Waals surface area contributed by atoms with Crippen LogP contribution in [-0.4, -0.2) is 21.5 Å². The van der Waals surface area contributed by atoms with E-state index in [1.165, 1.54) is 0 Å². The van der Waals surface area contributed by atoms with Crippen molar-refractivity contribution in [1.82, 2.24) is 15.0 Å². The maximum Gasteiger partial charge on any atom is 0.180 e. The van der Waals surface area contributed by atoms with Crippen molar-refractivity contribution in [1.29, 1.82) is 0 Å². The molecule has 4 nitrogen and oxygen atoms in total. The second-order valence-corrected chi connectivity index (χ2v) is 4.73. The van der Waals surface area contributed by atoms with Gasteiger partial charge in [0.15, 0.2) is 5.82 Å². The molecule has 0 amide bonds. The van der Waals surface area contributed by atoms with Crippen LogP contribution in [0.5, 0.6) is 0 Å². The molecule has 0 fully saturated rings. The molecule has 0 spiro atoms. The lowest BCUT2D eigenvalue weighted by atomic mass is 10.3. The van der Waals surface area contributed by atoms with Gasteiger partial charge in [-0.3, -0.25) is 4.98 Å². The monoisotopic (exact) mass is 306 g/mol. The van der Waals surface area contributed by atoms with Gasteiger partial charge in [-0.15, -0.1) is 0 Å². The van der Waals surface area contributed by atoms with Gasteiger partial charge in [0.1, 0.15) is 11.5 Å². The van der Waals surface area contributed by atoms with E-state index in [2.05, 4.69) is 43.1 Å². The van der Waals surface area contributed by atoms with Gasteiger partial charge in [-0.2, -0.15) is 0 Å². The number of anilines is 1. The van der Waals surface area contributed by atoms with E-state index in [0.29, 0.717) is 5.82 Å². The highest BCUT2D eigenvalue weighted by atomic mass is 79.9. The van der Waals surface area contributed by atoms with Gasteiger partial charge in [0, 0.05) is 12.7 Å². The summed E-state index contributed by atoms with van der Waals surface area (Å²) in [5.74, 6) is 1.47. The SMILES string of the molecule is CCCNc1nc(-c2ccccn2)nc(C)c1Br. The molecule has 0 aliphatic rings. The van der Waals surface area contributed by atoms with Gasteiger partial charge in [0.05, 0.1) is 10.2 Å². The fourth-order valence-corrected chi connectivity index (χ4v) is 1.85. The maximum absolute atomic E-state index is 4.51. The normalized spacial score (nSPS) is 10.4. The van der Waals surface area contributed by atoms with Gasteiger partial charge < -0.3 is 5.32 Å². The molecule has 5 heteroatoms. The second kappa shape index (κ2) is 5.91. The molecule has 0 saturated heterocycles. The number of rotatable bonds is 4. The van der Waals surface area contributed by atoms with Crippen molar-refractivity contribution in [2.24, 2.45) is 0 Å². The van der Waals surface area contributed by atoms with E-state index >= 15 is 0 Å². The molecule has 2 aromatic heterocycles. The molecule has 0 aromatic carbocycles. The molecule has 0 aliphatic carbocycles. The summed E-state index contributed by atoms with van der Waals surface area (Å²) in [6.45, 7) is 4.96. The molecule has 0 radical (unpaired) electrons. The minimum Gasteiger partial charge on any atom is -0.369 e. The third kappa shape index (κ3) is 2.85. The molecule has 0 bridgehead atoms. The molecule has 2 rings (SSSR count). The Balaban J connectivity index is 2.41. The van der Waals surface area contributed by atoms with Gasteiger partial charge in [0.25, 0.3) is 0 Å². The van der Waals surface area contributed by atoms with Crippen LogP contribution in [0, 0.1) is 6.92 Å². The van der Waals surface area contributed by atoms with Crippen LogP contribution < -0.4 is 5.32 Å². The van der Waals surface area contributed by atoms with E-state index < -0.39 is 0 Å². The van der Waals surface area contributed by atoms with Crippen molar-refractivity contribution in [3.63, 3.8) is 0 Å². The van der Waals surface area contributed by atoms with Crippen molar-refractivity contribution in [2.45, 2.75) is 20.3 Å². The first-order valence-corrected chi connectivity index (χ1v) is 6.71. The summed E-state index contributed by atoms with van der Waals surface area (Å²) in [5.41, 5.74) is 1.69. The van der Waals surface area contributed by atoms with Crippen molar-refractivity contribution < 1.29 is 0 Å². The van der Waals surface area contributed by atoms with E-state index in [9.17, 15) is 0 Å². The molecule has 0 aliphatic heterocycles. The Morgan fingerprint density at radius 3 is 2.78 bits per heavy atom. The number of pyridine rings is 1. The largest absolute Gasteiger partial charge is 0.369 e. The Bertz CT molecular complexity index is 528. The first-order chi connectivity index (χ1) is 8.72. The highest BCUT2D eigenvalue weighted by Crippen LogP contribution is 2.25. The van der Waals surface area contributed by atoms with Crippen LogP contribution in [0.2, 0.25) is 0 Å². The number of nitrogens with zero attached hydrogens (tertiary/aromatic N) is 3. The topological polar surface area (TPSA) is 50.7 Å². The zero-order valence-electron chi connectivity index (χ0n) is 10.4. The number of aromatic nitrogens is 3. The Morgan fingerprint density at radius 2 is 2.11 bits per heavy atom. The summed E-state index contributed by atoms with van der Waals surface area (Å²) >= 11 is 3.51. The second-order valence-electron chi connectivity index (χ2n) is 3.94. The smallest absolute Gasteiger partial charge is 0.180 e. The molecule has 0 atom stereocenters. The molecule has 94 valence electrons. The van der Waals surface area contributed by atoms with E-state index in [1.54, 1.807) is 6.20 Å². The third-order valence-electron chi connectivity index (χ3n) is 2.45. The third-order valence-corrected chi connectivity index (χ3v) is 3.40. The van der Waals surface area contributed by atoms with Crippen molar-refractivity contribution in [3.05, 3.63) is 34.6 Å². The molecule has 1 N–H and O–H groups in total. The summed E-state index contributed by atoms with van der Waals surface area (Å²) in [4.78, 5) is 13.2. The molecular formula is C13H15BrN4. The van der Waals surface area contributed by atoms with Gasteiger partial charge in [0.2, 0.25) is 0 Å². The van der Waals surface area contributed by atoms with E-state index in [-0.39, 0.29) is 0 Å². The molecule has 0 saturated carbocycles. The molecule has 0 unspecified atom stereocenters. The predicted octanol–water partition coefficient (Wildman–Crippen LogP) is 3.43. The van der Waals surface area contributed by atoms with Crippen LogP contribution >= 0.6 is 15.9 Å². The highest BCUT2D eigenvalue weighted by molar-refractivity contribution is 9.10. The molecule has 2 heterocycles. The van der Waals surface area contributed by atoms with Crippen molar-refractivity contribution in [2.75, 3.05) is 11.9 Å². The number of aryl methyl sites for hydroxylation is 1. The minimum absolute atomic E-state index is 0.648. The van der Waals surface area contributed by atoms with E-state index in [4.69, 9.17) is 0 Å². The zero-order chi connectivity index (χ0) is 13.0. The van der Waals surface area contributed by atoms with Crippen LogP contribution in [0.3, 0.4) is 0 Å². The number of hydrogen-bond acceptors (Lipinski definition) is 4. The van der Waals surface area contributed by atoms with Crippen molar-refractivity contribution in [3.8, 4) is 11.5 Å². The lowest BCUT2D eigenvalue weighted by Gasteiger charge is -2.10. The van der Waals surface area contributed by atoms with Crippen LogP contribution in [0.4, 0.5) is 5.82 Å². The summed E-state index contributed by atoms with van der Waals surface area (Å²) in [7, 11) is 0. The number of nitrogens with one attached hydrogen (secondary N) is 1. The number of hydrogen-bond donors (Lipinski definition) is 1. The number of halogens is 1. The Kier molecular flexibility index (Phi) is 4.25. The van der Waals surface area contributed by atoms with Crippen LogP contribution in [0.25, 0.3) is 11.5 Å².